The molecule has 0 saturated carbocycles. The van der Waals surface area contributed by atoms with Gasteiger partial charge < -0.3 is 9.47 Å². The van der Waals surface area contributed by atoms with E-state index in [0.29, 0.717) is 5.69 Å². The van der Waals surface area contributed by atoms with Crippen LogP contribution in [0.15, 0.2) is 48.5 Å². The normalized spacial score (nSPS) is 17.4. The third-order valence-corrected chi connectivity index (χ3v) is 3.56. The monoisotopic (exact) mass is 337 g/mol. The molecule has 2 aromatic rings. The minimum absolute atomic E-state index is 0.225. The lowest BCUT2D eigenvalue weighted by Gasteiger charge is -2.37. The van der Waals surface area contributed by atoms with Gasteiger partial charge in [-0.05, 0) is 37.3 Å². The first-order valence-corrected chi connectivity index (χ1v) is 7.30. The van der Waals surface area contributed by atoms with Gasteiger partial charge in [0, 0.05) is 12.3 Å². The van der Waals surface area contributed by atoms with E-state index in [1.807, 2.05) is 0 Å². The zero-order valence-electron chi connectivity index (χ0n) is 12.7. The van der Waals surface area contributed by atoms with Gasteiger partial charge in [0.15, 0.2) is 0 Å². The van der Waals surface area contributed by atoms with E-state index in [4.69, 9.17) is 9.47 Å². The average molecular weight is 337 g/mol. The summed E-state index contributed by atoms with van der Waals surface area (Å²) in [5.74, 6) is -0.577. The minimum Gasteiger partial charge on any atom is -0.412 e. The average Bonchev–Trinajstić information content (AvgIpc) is 2.55. The molecule has 0 fully saturated rings. The lowest BCUT2D eigenvalue weighted by molar-refractivity contribution is -0.137. The van der Waals surface area contributed by atoms with Crippen molar-refractivity contribution in [1.82, 2.24) is 0 Å². The number of carbonyl (C=O) groups is 1. The van der Waals surface area contributed by atoms with E-state index >= 15 is 0 Å². The summed E-state index contributed by atoms with van der Waals surface area (Å²) in [5, 5.41) is 0. The van der Waals surface area contributed by atoms with Crippen LogP contribution in [0.1, 0.15) is 22.8 Å². The second-order valence-electron chi connectivity index (χ2n) is 5.10. The number of nitrogens with zero attached hydrogens (tertiary/aromatic N) is 1. The van der Waals surface area contributed by atoms with Crippen molar-refractivity contribution in [2.24, 2.45) is 0 Å². The molecular weight excluding hydrogens is 323 g/mol. The van der Waals surface area contributed by atoms with Crippen molar-refractivity contribution < 1.29 is 27.4 Å². The second kappa shape index (κ2) is 6.16. The van der Waals surface area contributed by atoms with Gasteiger partial charge >= 0.3 is 12.1 Å². The molecule has 0 saturated heterocycles. The molecular formula is C17H14F3NO3. The topological polar surface area (TPSA) is 38.8 Å². The molecule has 126 valence electrons. The SMILES string of the molecule is CCOC1OC(=O)c2ccccc2N1c1cccc(C(F)(F)F)c1. The van der Waals surface area contributed by atoms with Crippen LogP contribution in [0.4, 0.5) is 24.5 Å². The Bertz CT molecular complexity index is 761. The number of carbonyl (C=O) groups excluding carboxylic acids is 1. The van der Waals surface area contributed by atoms with Gasteiger partial charge in [-0.3, -0.25) is 4.90 Å². The molecule has 0 radical (unpaired) electrons. The summed E-state index contributed by atoms with van der Waals surface area (Å²) in [6.45, 7) is 1.94. The van der Waals surface area contributed by atoms with E-state index in [1.165, 1.54) is 17.0 Å². The number of fused-ring (bicyclic) bond motifs is 1. The highest BCUT2D eigenvalue weighted by atomic mass is 19.4. The fourth-order valence-corrected chi connectivity index (χ4v) is 2.52. The van der Waals surface area contributed by atoms with Crippen LogP contribution in [0.2, 0.25) is 0 Å². The molecule has 0 spiro atoms. The third kappa shape index (κ3) is 2.94. The van der Waals surface area contributed by atoms with Crippen LogP contribution in [-0.2, 0) is 15.7 Å². The number of benzene rings is 2. The lowest BCUT2D eigenvalue weighted by atomic mass is 10.1. The Morgan fingerprint density at radius 1 is 1.17 bits per heavy atom. The Hall–Kier alpha value is -2.54. The first-order chi connectivity index (χ1) is 11.4. The minimum atomic E-state index is -4.47. The lowest BCUT2D eigenvalue weighted by Crippen LogP contribution is -2.42. The van der Waals surface area contributed by atoms with Crippen LogP contribution in [-0.4, -0.2) is 19.0 Å². The molecule has 1 aliphatic rings. The number of alkyl halides is 3. The molecule has 0 N–H and O–H groups in total. The molecule has 4 nitrogen and oxygen atoms in total. The van der Waals surface area contributed by atoms with Gasteiger partial charge in [-0.1, -0.05) is 18.2 Å². The van der Waals surface area contributed by atoms with Crippen molar-refractivity contribution in [2.45, 2.75) is 19.5 Å². The van der Waals surface area contributed by atoms with Crippen molar-refractivity contribution in [1.29, 1.82) is 0 Å². The molecule has 2 aromatic carbocycles. The quantitative estimate of drug-likeness (QED) is 0.781. The summed E-state index contributed by atoms with van der Waals surface area (Å²) in [4.78, 5) is 13.5. The first-order valence-electron chi connectivity index (χ1n) is 7.30. The van der Waals surface area contributed by atoms with E-state index in [2.05, 4.69) is 0 Å². The smallest absolute Gasteiger partial charge is 0.412 e. The van der Waals surface area contributed by atoms with Crippen LogP contribution >= 0.6 is 0 Å². The highest BCUT2D eigenvalue weighted by Gasteiger charge is 2.36. The molecule has 0 amide bonds. The Kier molecular flexibility index (Phi) is 4.19. The number of halogens is 3. The molecule has 3 rings (SSSR count). The fraction of sp³-hybridized carbons (Fsp3) is 0.235. The maximum Gasteiger partial charge on any atom is 0.416 e. The van der Waals surface area contributed by atoms with Crippen molar-refractivity contribution in [3.05, 3.63) is 59.7 Å². The van der Waals surface area contributed by atoms with Gasteiger partial charge in [0.2, 0.25) is 0 Å². The molecule has 24 heavy (non-hydrogen) atoms. The summed E-state index contributed by atoms with van der Waals surface area (Å²) in [7, 11) is 0. The maximum atomic E-state index is 13.0. The summed E-state index contributed by atoms with van der Waals surface area (Å²) in [6, 6.07) is 11.4. The molecule has 1 atom stereocenters. The van der Waals surface area contributed by atoms with Crippen LogP contribution in [0, 0.1) is 0 Å². The van der Waals surface area contributed by atoms with Crippen LogP contribution < -0.4 is 4.90 Å². The van der Waals surface area contributed by atoms with E-state index in [9.17, 15) is 18.0 Å². The van der Waals surface area contributed by atoms with E-state index < -0.39 is 24.1 Å². The largest absolute Gasteiger partial charge is 0.416 e. The van der Waals surface area contributed by atoms with Gasteiger partial charge in [0.1, 0.15) is 0 Å². The molecule has 7 heteroatoms. The number of anilines is 2. The Morgan fingerprint density at radius 2 is 1.92 bits per heavy atom. The standard InChI is InChI=1S/C17H14F3NO3/c1-2-23-16-21(12-7-5-6-11(10-12)17(18,19)20)14-9-4-3-8-13(14)15(22)24-16/h3-10,16H,2H2,1H3. The van der Waals surface area contributed by atoms with E-state index in [1.54, 1.807) is 31.2 Å². The number of ether oxygens (including phenoxy) is 2. The summed E-state index contributed by atoms with van der Waals surface area (Å²) in [6.07, 6.45) is -5.59. The molecule has 0 bridgehead atoms. The zero-order valence-corrected chi connectivity index (χ0v) is 12.7. The number of para-hydroxylation sites is 1. The molecule has 0 aromatic heterocycles. The summed E-state index contributed by atoms with van der Waals surface area (Å²) < 4.78 is 49.6. The van der Waals surface area contributed by atoms with Crippen molar-refractivity contribution in [3.63, 3.8) is 0 Å². The van der Waals surface area contributed by atoms with Crippen molar-refractivity contribution >= 4 is 17.3 Å². The van der Waals surface area contributed by atoms with Gasteiger partial charge in [-0.2, -0.15) is 13.2 Å². The second-order valence-corrected chi connectivity index (χ2v) is 5.10. The van der Waals surface area contributed by atoms with E-state index in [-0.39, 0.29) is 17.9 Å². The van der Waals surface area contributed by atoms with Crippen molar-refractivity contribution in [2.75, 3.05) is 11.5 Å². The molecule has 0 aliphatic carbocycles. The summed E-state index contributed by atoms with van der Waals surface area (Å²) >= 11 is 0. The Balaban J connectivity index is 2.12. The Labute approximate surface area is 136 Å². The Morgan fingerprint density at radius 3 is 2.62 bits per heavy atom. The molecule has 1 heterocycles. The predicted octanol–water partition coefficient (Wildman–Crippen LogP) is 4.33. The van der Waals surface area contributed by atoms with Gasteiger partial charge in [0.25, 0.3) is 6.41 Å². The number of hydrogen-bond acceptors (Lipinski definition) is 4. The number of cyclic esters (lactones) is 1. The van der Waals surface area contributed by atoms with Gasteiger partial charge in [0.05, 0.1) is 16.8 Å². The molecule has 1 unspecified atom stereocenters. The highest BCUT2D eigenvalue weighted by molar-refractivity contribution is 5.98. The van der Waals surface area contributed by atoms with Crippen LogP contribution in [0.5, 0.6) is 0 Å². The number of rotatable bonds is 3. The first kappa shape index (κ1) is 16.3. The molecule has 1 aliphatic heterocycles. The highest BCUT2D eigenvalue weighted by Crippen LogP contribution is 2.38. The van der Waals surface area contributed by atoms with Crippen LogP contribution in [0.25, 0.3) is 0 Å². The van der Waals surface area contributed by atoms with E-state index in [0.717, 1.165) is 12.1 Å². The van der Waals surface area contributed by atoms with Crippen molar-refractivity contribution in [3.8, 4) is 0 Å². The number of esters is 1. The third-order valence-electron chi connectivity index (χ3n) is 3.56. The zero-order chi connectivity index (χ0) is 17.3. The number of hydrogen-bond donors (Lipinski definition) is 0. The summed E-state index contributed by atoms with van der Waals surface area (Å²) in [5.41, 5.74) is 0.144. The predicted molar refractivity (Wildman–Crippen MR) is 80.9 cm³/mol. The van der Waals surface area contributed by atoms with Crippen LogP contribution in [0.3, 0.4) is 0 Å². The maximum absolute atomic E-state index is 13.0. The van der Waals surface area contributed by atoms with Gasteiger partial charge in [-0.15, -0.1) is 0 Å². The fourth-order valence-electron chi connectivity index (χ4n) is 2.52. The van der Waals surface area contributed by atoms with Gasteiger partial charge in [-0.25, -0.2) is 4.79 Å².